The summed E-state index contributed by atoms with van der Waals surface area (Å²) >= 11 is 0. The van der Waals surface area contributed by atoms with Crippen LogP contribution >= 0.6 is 0 Å². The van der Waals surface area contributed by atoms with Gasteiger partial charge in [0.2, 0.25) is 0 Å². The van der Waals surface area contributed by atoms with Crippen LogP contribution in [0, 0.1) is 5.92 Å². The zero-order valence-electron chi connectivity index (χ0n) is 15.6. The number of para-hydroxylation sites is 1. The first kappa shape index (κ1) is 19.1. The fraction of sp³-hybridized carbons (Fsp3) is 0.474. The third kappa shape index (κ3) is 4.75. The Labute approximate surface area is 157 Å². The van der Waals surface area contributed by atoms with Crippen molar-refractivity contribution in [2.75, 3.05) is 20.1 Å². The van der Waals surface area contributed by atoms with Crippen molar-refractivity contribution in [2.45, 2.75) is 32.5 Å². The second-order valence-electron chi connectivity index (χ2n) is 6.68. The van der Waals surface area contributed by atoms with E-state index in [0.29, 0.717) is 24.1 Å². The van der Waals surface area contributed by atoms with Crippen LogP contribution in [-0.4, -0.2) is 47.2 Å². The van der Waals surface area contributed by atoms with Gasteiger partial charge in [0.15, 0.2) is 5.96 Å². The molecule has 146 valence electrons. The molecule has 27 heavy (non-hydrogen) atoms. The zero-order valence-corrected chi connectivity index (χ0v) is 15.6. The number of hydrogen-bond donors (Lipinski definition) is 1. The first-order valence-corrected chi connectivity index (χ1v) is 9.04. The molecule has 0 saturated carbocycles. The van der Waals surface area contributed by atoms with Gasteiger partial charge in [0.25, 0.3) is 0 Å². The van der Waals surface area contributed by atoms with E-state index in [-0.39, 0.29) is 5.75 Å². The summed E-state index contributed by atoms with van der Waals surface area (Å²) in [5, 5.41) is 3.28. The Morgan fingerprint density at radius 3 is 2.93 bits per heavy atom. The number of likely N-dealkylation sites (tertiary alicyclic amines) is 1. The molecule has 2 unspecified atom stereocenters. The van der Waals surface area contributed by atoms with E-state index >= 15 is 0 Å². The summed E-state index contributed by atoms with van der Waals surface area (Å²) in [7, 11) is 1.73. The molecule has 2 aromatic rings. The fourth-order valence-corrected chi connectivity index (χ4v) is 3.46. The number of aromatic nitrogens is 2. The van der Waals surface area contributed by atoms with E-state index in [9.17, 15) is 8.78 Å². The van der Waals surface area contributed by atoms with Gasteiger partial charge in [-0.1, -0.05) is 25.1 Å². The summed E-state index contributed by atoms with van der Waals surface area (Å²) < 4.78 is 31.9. The molecule has 1 aliphatic heterocycles. The summed E-state index contributed by atoms with van der Waals surface area (Å²) in [5.74, 6) is 1.46. The van der Waals surface area contributed by atoms with E-state index in [4.69, 9.17) is 0 Å². The van der Waals surface area contributed by atoms with Crippen molar-refractivity contribution in [1.82, 2.24) is 19.8 Å². The molecule has 1 saturated heterocycles. The van der Waals surface area contributed by atoms with Crippen molar-refractivity contribution in [3.63, 3.8) is 0 Å². The van der Waals surface area contributed by atoms with Crippen molar-refractivity contribution in [3.8, 4) is 5.75 Å². The molecule has 0 radical (unpaired) electrons. The molecule has 8 heteroatoms. The van der Waals surface area contributed by atoms with Crippen LogP contribution in [0.15, 0.2) is 48.0 Å². The average molecular weight is 377 g/mol. The Hall–Kier alpha value is -2.64. The number of ether oxygens (including phenoxy) is 1. The molecule has 2 atom stereocenters. The normalized spacial score (nSPS) is 20.8. The van der Waals surface area contributed by atoms with E-state index in [2.05, 4.69) is 36.4 Å². The van der Waals surface area contributed by atoms with Crippen molar-refractivity contribution >= 4 is 5.96 Å². The van der Waals surface area contributed by atoms with Gasteiger partial charge in [0.05, 0.1) is 12.4 Å². The predicted molar refractivity (Wildman–Crippen MR) is 99.9 cm³/mol. The smallest absolute Gasteiger partial charge is 0.387 e. The fourth-order valence-electron chi connectivity index (χ4n) is 3.46. The summed E-state index contributed by atoms with van der Waals surface area (Å²) in [6.07, 6.45) is 6.66. The molecule has 0 spiro atoms. The summed E-state index contributed by atoms with van der Waals surface area (Å²) in [6.45, 7) is 1.46. The molecule has 1 N–H and O–H groups in total. The SMILES string of the molecule is CN=C(NCc1ccccc1OC(F)F)N1CCC(C)C(n2ccnc2)C1. The lowest BCUT2D eigenvalue weighted by molar-refractivity contribution is -0.0504. The summed E-state index contributed by atoms with van der Waals surface area (Å²) in [5.41, 5.74) is 0.662. The van der Waals surface area contributed by atoms with Crippen molar-refractivity contribution < 1.29 is 13.5 Å². The minimum absolute atomic E-state index is 0.180. The third-order valence-electron chi connectivity index (χ3n) is 4.96. The predicted octanol–water partition coefficient (Wildman–Crippen LogP) is 3.14. The number of hydrogen-bond acceptors (Lipinski definition) is 3. The maximum Gasteiger partial charge on any atom is 0.387 e. The van der Waals surface area contributed by atoms with Crippen LogP contribution in [-0.2, 0) is 6.54 Å². The highest BCUT2D eigenvalue weighted by Crippen LogP contribution is 2.27. The van der Waals surface area contributed by atoms with Crippen molar-refractivity contribution in [2.24, 2.45) is 10.9 Å². The highest BCUT2D eigenvalue weighted by Gasteiger charge is 2.28. The minimum atomic E-state index is -2.84. The van der Waals surface area contributed by atoms with Crippen molar-refractivity contribution in [1.29, 1.82) is 0 Å². The summed E-state index contributed by atoms with van der Waals surface area (Å²) in [4.78, 5) is 10.7. The quantitative estimate of drug-likeness (QED) is 0.643. The molecule has 0 amide bonds. The van der Waals surface area contributed by atoms with E-state index in [1.54, 1.807) is 37.5 Å². The van der Waals surface area contributed by atoms with Gasteiger partial charge in [-0.15, -0.1) is 0 Å². The number of benzene rings is 1. The minimum Gasteiger partial charge on any atom is -0.434 e. The van der Waals surface area contributed by atoms with E-state index < -0.39 is 6.61 Å². The summed E-state index contributed by atoms with van der Waals surface area (Å²) in [6, 6.07) is 7.11. The van der Waals surface area contributed by atoms with E-state index in [1.165, 1.54) is 0 Å². The van der Waals surface area contributed by atoms with E-state index in [0.717, 1.165) is 25.5 Å². The molecule has 1 fully saturated rings. The highest BCUT2D eigenvalue weighted by atomic mass is 19.3. The maximum atomic E-state index is 12.6. The average Bonchev–Trinajstić information content (AvgIpc) is 3.18. The number of nitrogens with one attached hydrogen (secondary N) is 1. The van der Waals surface area contributed by atoms with Crippen molar-refractivity contribution in [3.05, 3.63) is 48.5 Å². The zero-order chi connectivity index (χ0) is 19.2. The number of piperidine rings is 1. The lowest BCUT2D eigenvalue weighted by Gasteiger charge is -2.39. The number of nitrogens with zero attached hydrogens (tertiary/aromatic N) is 4. The van der Waals surface area contributed by atoms with Crippen LogP contribution in [0.1, 0.15) is 24.9 Å². The van der Waals surface area contributed by atoms with Crippen LogP contribution in [0.4, 0.5) is 8.78 Å². The van der Waals surface area contributed by atoms with Gasteiger partial charge < -0.3 is 19.5 Å². The molecule has 3 rings (SSSR count). The molecule has 1 aromatic heterocycles. The Morgan fingerprint density at radius 2 is 2.22 bits per heavy atom. The lowest BCUT2D eigenvalue weighted by atomic mass is 9.93. The van der Waals surface area contributed by atoms with Gasteiger partial charge in [0.1, 0.15) is 5.75 Å². The monoisotopic (exact) mass is 377 g/mol. The van der Waals surface area contributed by atoms with Crippen LogP contribution in [0.25, 0.3) is 0 Å². The van der Waals surface area contributed by atoms with Gasteiger partial charge in [0, 0.05) is 44.6 Å². The van der Waals surface area contributed by atoms with Crippen LogP contribution < -0.4 is 10.1 Å². The molecular weight excluding hydrogens is 352 g/mol. The van der Waals surface area contributed by atoms with Gasteiger partial charge in [-0.2, -0.15) is 8.78 Å². The van der Waals surface area contributed by atoms with Gasteiger partial charge in [-0.3, -0.25) is 4.99 Å². The molecule has 0 aliphatic carbocycles. The second-order valence-corrected chi connectivity index (χ2v) is 6.68. The lowest BCUT2D eigenvalue weighted by Crippen LogP contribution is -2.48. The third-order valence-corrected chi connectivity index (χ3v) is 4.96. The number of guanidine groups is 1. The first-order valence-electron chi connectivity index (χ1n) is 9.04. The largest absolute Gasteiger partial charge is 0.434 e. The number of aliphatic imine (C=N–C) groups is 1. The molecule has 2 heterocycles. The van der Waals surface area contributed by atoms with Gasteiger partial charge in [-0.05, 0) is 18.4 Å². The Balaban J connectivity index is 1.66. The molecule has 1 aliphatic rings. The van der Waals surface area contributed by atoms with Gasteiger partial charge >= 0.3 is 6.61 Å². The molecule has 6 nitrogen and oxygen atoms in total. The maximum absolute atomic E-state index is 12.6. The molecular formula is C19H25F2N5O. The second kappa shape index (κ2) is 8.83. The highest BCUT2D eigenvalue weighted by molar-refractivity contribution is 5.80. The Kier molecular flexibility index (Phi) is 6.26. The Bertz CT molecular complexity index is 750. The number of alkyl halides is 2. The van der Waals surface area contributed by atoms with Crippen LogP contribution in [0.3, 0.4) is 0 Å². The standard InChI is InChI=1S/C19H25F2N5O/c1-14-7-9-25(12-16(14)26-10-8-23-13-26)19(22-2)24-11-15-5-3-4-6-17(15)27-18(20)21/h3-6,8,10,13-14,16,18H,7,9,11-12H2,1-2H3,(H,22,24). The number of imidazole rings is 1. The van der Waals surface area contributed by atoms with Gasteiger partial charge in [-0.25, -0.2) is 4.98 Å². The molecule has 0 bridgehead atoms. The van der Waals surface area contributed by atoms with Crippen LogP contribution in [0.2, 0.25) is 0 Å². The van der Waals surface area contributed by atoms with Crippen LogP contribution in [0.5, 0.6) is 5.75 Å². The molecule has 1 aromatic carbocycles. The number of rotatable bonds is 5. The Morgan fingerprint density at radius 1 is 1.41 bits per heavy atom. The number of halogens is 2. The first-order chi connectivity index (χ1) is 13.1. The van der Waals surface area contributed by atoms with E-state index in [1.807, 2.05) is 12.5 Å². The topological polar surface area (TPSA) is 54.7 Å².